The van der Waals surface area contributed by atoms with Crippen molar-refractivity contribution < 1.29 is 38.8 Å². The Labute approximate surface area is 316 Å². The molecule has 0 amide bonds. The molecule has 6 aromatic rings. The number of carbonyl (C=O) groups is 1. The van der Waals surface area contributed by atoms with Crippen LogP contribution in [0, 0.1) is 23.8 Å². The van der Waals surface area contributed by atoms with Gasteiger partial charge < -0.3 is 13.9 Å². The number of aromatic nitrogens is 1. The van der Waals surface area contributed by atoms with E-state index in [9.17, 15) is 9.90 Å². The Hall–Kier alpha value is -3.99. The molecule has 271 valence electrons. The third-order valence-corrected chi connectivity index (χ3v) is 10.9. The molecular weight excluding hydrogens is 811 g/mol. The first-order valence-electron chi connectivity index (χ1n) is 18.0. The summed E-state index contributed by atoms with van der Waals surface area (Å²) in [4.78, 5) is 16.9. The zero-order valence-corrected chi connectivity index (χ0v) is 34.2. The number of aliphatic hydroxyl groups excluding tert-OH is 1. The van der Waals surface area contributed by atoms with Crippen LogP contribution in [0.4, 0.5) is 0 Å². The van der Waals surface area contributed by atoms with Gasteiger partial charge in [0.15, 0.2) is 5.78 Å². The first kappa shape index (κ1) is 39.8. The molecule has 5 nitrogen and oxygen atoms in total. The molecule has 0 aliphatic heterocycles. The second kappa shape index (κ2) is 15.7. The first-order valence-corrected chi connectivity index (χ1v) is 18.0. The fourth-order valence-electron chi connectivity index (χ4n) is 6.29. The van der Waals surface area contributed by atoms with Crippen molar-refractivity contribution in [1.82, 2.24) is 4.98 Å². The molecule has 51 heavy (non-hydrogen) atoms. The van der Waals surface area contributed by atoms with Crippen LogP contribution in [0.15, 0.2) is 93.8 Å². The van der Waals surface area contributed by atoms with Crippen LogP contribution >= 0.6 is 0 Å². The number of hydrogen-bond donors (Lipinski definition) is 1. The second-order valence-corrected chi connectivity index (χ2v) is 15.1. The van der Waals surface area contributed by atoms with Crippen LogP contribution in [0.5, 0.6) is 0 Å². The number of ketones is 1. The van der Waals surface area contributed by atoms with Crippen molar-refractivity contribution in [3.8, 4) is 22.6 Å². The number of fused-ring (bicyclic) bond motifs is 3. The molecule has 0 spiro atoms. The summed E-state index contributed by atoms with van der Waals surface area (Å²) in [7, 11) is 0. The van der Waals surface area contributed by atoms with Crippen molar-refractivity contribution in [2.24, 2.45) is 10.8 Å². The normalized spacial score (nSPS) is 12.5. The van der Waals surface area contributed by atoms with Crippen molar-refractivity contribution in [2.75, 3.05) is 0 Å². The molecule has 0 aliphatic carbocycles. The number of nitrogens with zero attached hydrogens (tertiary/aromatic N) is 1. The molecule has 1 N–H and O–H groups in total. The summed E-state index contributed by atoms with van der Waals surface area (Å²) >= 11 is 0. The number of rotatable bonds is 9. The number of pyridine rings is 1. The molecule has 0 fully saturated rings. The third kappa shape index (κ3) is 8.08. The number of benzene rings is 3. The van der Waals surface area contributed by atoms with Gasteiger partial charge in [0, 0.05) is 65.2 Å². The van der Waals surface area contributed by atoms with Crippen molar-refractivity contribution >= 4 is 38.5 Å². The minimum atomic E-state index is -0.337. The van der Waals surface area contributed by atoms with Gasteiger partial charge in [-0.2, -0.15) is 0 Å². The summed E-state index contributed by atoms with van der Waals surface area (Å²) in [5, 5.41) is 14.6. The topological polar surface area (TPSA) is 76.5 Å². The predicted octanol–water partition coefficient (Wildman–Crippen LogP) is 13.1. The first-order chi connectivity index (χ1) is 23.7. The van der Waals surface area contributed by atoms with Crippen molar-refractivity contribution in [2.45, 2.75) is 100 Å². The average Bonchev–Trinajstić information content (AvgIpc) is 3.73. The van der Waals surface area contributed by atoms with Crippen LogP contribution in [0.25, 0.3) is 55.3 Å². The van der Waals surface area contributed by atoms with Gasteiger partial charge in [-0.3, -0.25) is 9.78 Å². The summed E-state index contributed by atoms with van der Waals surface area (Å²) < 4.78 is 11.9. The Balaban J connectivity index is 0.000000279. The molecule has 0 saturated heterocycles. The smallest absolute Gasteiger partial charge is 0.164 e. The van der Waals surface area contributed by atoms with Crippen molar-refractivity contribution in [3.63, 3.8) is 0 Å². The Bertz CT molecular complexity index is 2170. The van der Waals surface area contributed by atoms with Gasteiger partial charge in [0.25, 0.3) is 0 Å². The Morgan fingerprint density at radius 2 is 1.49 bits per heavy atom. The molecule has 6 heteroatoms. The van der Waals surface area contributed by atoms with Gasteiger partial charge in [-0.25, -0.2) is 0 Å². The molecule has 0 saturated carbocycles. The van der Waals surface area contributed by atoms with Gasteiger partial charge in [0.1, 0.15) is 22.7 Å². The van der Waals surface area contributed by atoms with E-state index in [2.05, 4.69) is 76.2 Å². The maximum Gasteiger partial charge on any atom is 0.164 e. The summed E-state index contributed by atoms with van der Waals surface area (Å²) in [6.45, 7) is 20.9. The SMILES string of the molecule is CCC(C)(CC)C(=O)/C=C(\O)C(C)(CC)CC.Cc1coc2ccc(-c3cc4c(-c5[c-]c6ccccc6c(C(C)(C)C)c5)nccc4o3)cc12.[Ir]. The number of carbonyl (C=O) groups excluding carboxylic acids is 1. The van der Waals surface area contributed by atoms with E-state index in [1.165, 1.54) is 17.0 Å². The summed E-state index contributed by atoms with van der Waals surface area (Å²) in [6, 6.07) is 24.5. The Kier molecular flexibility index (Phi) is 12.3. The monoisotopic (exact) mass is 863 g/mol. The van der Waals surface area contributed by atoms with Crippen LogP contribution in [-0.4, -0.2) is 15.9 Å². The van der Waals surface area contributed by atoms with Gasteiger partial charge in [-0.1, -0.05) is 91.5 Å². The number of aliphatic hydroxyl groups is 1. The number of aryl methyl sites for hydroxylation is 1. The Morgan fingerprint density at radius 3 is 2.14 bits per heavy atom. The molecular formula is C45H52IrNO4-. The molecule has 0 aliphatic rings. The minimum absolute atomic E-state index is 0. The molecule has 3 aromatic carbocycles. The van der Waals surface area contributed by atoms with Gasteiger partial charge >= 0.3 is 0 Å². The van der Waals surface area contributed by atoms with Crippen molar-refractivity contribution in [3.05, 3.63) is 102 Å². The van der Waals surface area contributed by atoms with Crippen molar-refractivity contribution in [1.29, 1.82) is 0 Å². The fourth-order valence-corrected chi connectivity index (χ4v) is 6.29. The molecule has 3 heterocycles. The molecule has 0 bridgehead atoms. The summed E-state index contributed by atoms with van der Waals surface area (Å²) in [6.07, 6.45) is 8.36. The summed E-state index contributed by atoms with van der Waals surface area (Å²) in [5.41, 5.74) is 6.39. The second-order valence-electron chi connectivity index (χ2n) is 15.1. The molecule has 0 atom stereocenters. The van der Waals surface area contributed by atoms with E-state index < -0.39 is 0 Å². The zero-order chi connectivity index (χ0) is 36.4. The van der Waals surface area contributed by atoms with E-state index >= 15 is 0 Å². The zero-order valence-electron chi connectivity index (χ0n) is 31.8. The van der Waals surface area contributed by atoms with Gasteiger partial charge in [0.2, 0.25) is 0 Å². The van der Waals surface area contributed by atoms with Gasteiger partial charge in [-0.15, -0.1) is 29.1 Å². The maximum atomic E-state index is 12.2. The third-order valence-electron chi connectivity index (χ3n) is 10.9. The maximum absolute atomic E-state index is 12.2. The van der Waals surface area contributed by atoms with E-state index in [0.29, 0.717) is 0 Å². The average molecular weight is 863 g/mol. The number of hydrogen-bond acceptors (Lipinski definition) is 5. The molecule has 1 radical (unpaired) electrons. The van der Waals surface area contributed by atoms with E-state index in [1.54, 1.807) is 6.26 Å². The molecule has 0 unspecified atom stereocenters. The van der Waals surface area contributed by atoms with Crippen LogP contribution in [-0.2, 0) is 30.3 Å². The summed E-state index contributed by atoms with van der Waals surface area (Å²) in [5.74, 6) is 1.10. The van der Waals surface area contributed by atoms with Crippen LogP contribution < -0.4 is 0 Å². The predicted molar refractivity (Wildman–Crippen MR) is 208 cm³/mol. The Morgan fingerprint density at radius 1 is 0.824 bits per heavy atom. The standard InChI is InChI=1S/C30H24NO2.C15H28O2.Ir/c1-18-17-32-26-10-9-20(14-23(18)26)28-16-24-27(33-28)11-12-31-29(24)21-13-19-7-5-6-8-22(19)25(15-21)30(2,3)4;1-7-14(5,8-2)12(16)11-13(17)15(6,9-3)10-4;/h5-12,14-17H,1-4H3;11,16H,7-10H2,1-6H3;/q-1;;/b;12-11-;. The molecule has 3 aromatic heterocycles. The van der Waals surface area contributed by atoms with E-state index in [1.807, 2.05) is 65.9 Å². The van der Waals surface area contributed by atoms with E-state index in [0.717, 1.165) is 81.2 Å². The largest absolute Gasteiger partial charge is 0.512 e. The number of allylic oxidation sites excluding steroid dienone is 2. The van der Waals surface area contributed by atoms with E-state index in [-0.39, 0.29) is 47.9 Å². The van der Waals surface area contributed by atoms with Crippen LogP contribution in [0.3, 0.4) is 0 Å². The van der Waals surface area contributed by atoms with Crippen LogP contribution in [0.1, 0.15) is 99.1 Å². The van der Waals surface area contributed by atoms with E-state index in [4.69, 9.17) is 13.8 Å². The van der Waals surface area contributed by atoms with Crippen LogP contribution in [0.2, 0.25) is 0 Å². The van der Waals surface area contributed by atoms with Gasteiger partial charge in [0.05, 0.1) is 6.26 Å². The van der Waals surface area contributed by atoms with Gasteiger partial charge in [-0.05, 0) is 73.9 Å². The quantitative estimate of drug-likeness (QED) is 0.0890. The number of furan rings is 2. The minimum Gasteiger partial charge on any atom is -0.512 e. The fraction of sp³-hybridized carbons (Fsp3) is 0.378. The molecule has 6 rings (SSSR count).